The SMILES string of the molecule is NC1=C(c2cccc(C(F)(F)F)c2)C(=O)/C(=C\C2CC2)S1. The van der Waals surface area contributed by atoms with Gasteiger partial charge in [0.15, 0.2) is 0 Å². The van der Waals surface area contributed by atoms with Crippen LogP contribution in [0, 0.1) is 5.92 Å². The predicted molar refractivity (Wildman–Crippen MR) is 76.0 cm³/mol. The minimum Gasteiger partial charge on any atom is -0.393 e. The number of nitrogens with two attached hydrogens (primary N) is 1. The maximum absolute atomic E-state index is 12.8. The van der Waals surface area contributed by atoms with Gasteiger partial charge in [-0.15, -0.1) is 0 Å². The van der Waals surface area contributed by atoms with E-state index in [1.54, 1.807) is 0 Å². The lowest BCUT2D eigenvalue weighted by Gasteiger charge is -2.09. The summed E-state index contributed by atoms with van der Waals surface area (Å²) >= 11 is 1.15. The predicted octanol–water partition coefficient (Wildman–Crippen LogP) is 3.94. The fourth-order valence-electron chi connectivity index (χ4n) is 2.16. The summed E-state index contributed by atoms with van der Waals surface area (Å²) in [5.74, 6) is 0.133. The van der Waals surface area contributed by atoms with Gasteiger partial charge in [0.1, 0.15) is 0 Å². The lowest BCUT2D eigenvalue weighted by Crippen LogP contribution is -2.07. The van der Waals surface area contributed by atoms with Gasteiger partial charge in [0.25, 0.3) is 0 Å². The molecule has 0 saturated heterocycles. The standard InChI is InChI=1S/C15H12F3NOS/c16-15(17,18)10-3-1-2-9(7-10)12-13(20)11(21-14(12)19)6-8-4-5-8/h1-3,6-8H,4-5,19H2/b11-6+. The number of ketones is 1. The minimum absolute atomic E-state index is 0.179. The van der Waals surface area contributed by atoms with Crippen LogP contribution in [0.3, 0.4) is 0 Å². The van der Waals surface area contributed by atoms with Crippen molar-refractivity contribution in [2.45, 2.75) is 19.0 Å². The molecule has 110 valence electrons. The molecule has 2 aliphatic rings. The Morgan fingerprint density at radius 1 is 1.29 bits per heavy atom. The Morgan fingerprint density at radius 3 is 2.62 bits per heavy atom. The molecule has 0 radical (unpaired) electrons. The van der Waals surface area contributed by atoms with E-state index in [4.69, 9.17) is 5.73 Å². The fraction of sp³-hybridized carbons (Fsp3) is 0.267. The van der Waals surface area contributed by atoms with Crippen molar-refractivity contribution in [3.8, 4) is 0 Å². The summed E-state index contributed by atoms with van der Waals surface area (Å²) in [5.41, 5.74) is 5.47. The molecule has 0 unspecified atom stereocenters. The number of carbonyl (C=O) groups excluding carboxylic acids is 1. The molecular formula is C15H12F3NOS. The molecule has 6 heteroatoms. The largest absolute Gasteiger partial charge is 0.416 e. The van der Waals surface area contributed by atoms with Crippen molar-refractivity contribution in [2.75, 3.05) is 0 Å². The molecule has 21 heavy (non-hydrogen) atoms. The molecule has 0 amide bonds. The molecule has 1 aromatic rings. The van der Waals surface area contributed by atoms with Gasteiger partial charge in [0.2, 0.25) is 5.78 Å². The van der Waals surface area contributed by atoms with Gasteiger partial charge in [-0.05, 0) is 36.5 Å². The number of allylic oxidation sites excluding steroid dienone is 3. The van der Waals surface area contributed by atoms with E-state index in [9.17, 15) is 18.0 Å². The van der Waals surface area contributed by atoms with E-state index < -0.39 is 11.7 Å². The highest BCUT2D eigenvalue weighted by atomic mass is 32.2. The smallest absolute Gasteiger partial charge is 0.393 e. The average molecular weight is 311 g/mol. The Balaban J connectivity index is 1.96. The maximum Gasteiger partial charge on any atom is 0.416 e. The van der Waals surface area contributed by atoms with E-state index in [-0.39, 0.29) is 21.9 Å². The third kappa shape index (κ3) is 2.85. The zero-order valence-electron chi connectivity index (χ0n) is 10.9. The van der Waals surface area contributed by atoms with Crippen LogP contribution in [0.5, 0.6) is 0 Å². The highest BCUT2D eigenvalue weighted by Gasteiger charge is 2.34. The van der Waals surface area contributed by atoms with Crippen LogP contribution in [0.25, 0.3) is 5.57 Å². The number of benzene rings is 1. The summed E-state index contributed by atoms with van der Waals surface area (Å²) in [4.78, 5) is 12.9. The minimum atomic E-state index is -4.44. The van der Waals surface area contributed by atoms with Gasteiger partial charge >= 0.3 is 6.18 Å². The second kappa shape index (κ2) is 4.94. The van der Waals surface area contributed by atoms with Crippen molar-refractivity contribution in [3.05, 3.63) is 51.4 Å². The number of hydrogen-bond acceptors (Lipinski definition) is 3. The first kappa shape index (κ1) is 14.3. The van der Waals surface area contributed by atoms with Gasteiger partial charge in [-0.2, -0.15) is 13.2 Å². The second-order valence-electron chi connectivity index (χ2n) is 5.12. The summed E-state index contributed by atoms with van der Waals surface area (Å²) in [5, 5.41) is 0.270. The lowest BCUT2D eigenvalue weighted by atomic mass is 10.00. The Hall–Kier alpha value is -1.69. The highest BCUT2D eigenvalue weighted by Crippen LogP contribution is 2.44. The van der Waals surface area contributed by atoms with E-state index in [2.05, 4.69) is 0 Å². The molecule has 1 heterocycles. The van der Waals surface area contributed by atoms with Gasteiger partial charge in [-0.25, -0.2) is 0 Å². The van der Waals surface area contributed by atoms with Crippen LogP contribution in [0.15, 0.2) is 40.3 Å². The topological polar surface area (TPSA) is 43.1 Å². The van der Waals surface area contributed by atoms with Gasteiger partial charge in [-0.3, -0.25) is 4.79 Å². The van der Waals surface area contributed by atoms with Crippen molar-refractivity contribution >= 4 is 23.1 Å². The summed E-state index contributed by atoms with van der Waals surface area (Å²) in [6.45, 7) is 0. The molecule has 0 aromatic heterocycles. The third-order valence-electron chi connectivity index (χ3n) is 3.40. The molecule has 3 rings (SSSR count). The van der Waals surface area contributed by atoms with Crippen LogP contribution >= 0.6 is 11.8 Å². The molecular weight excluding hydrogens is 299 g/mol. The van der Waals surface area contributed by atoms with Crippen molar-refractivity contribution in [1.82, 2.24) is 0 Å². The summed E-state index contributed by atoms with van der Waals surface area (Å²) < 4.78 is 38.3. The highest BCUT2D eigenvalue weighted by molar-refractivity contribution is 8.08. The zero-order chi connectivity index (χ0) is 15.2. The molecule has 0 bridgehead atoms. The van der Waals surface area contributed by atoms with Gasteiger partial charge in [-0.1, -0.05) is 30.0 Å². The lowest BCUT2D eigenvalue weighted by molar-refractivity contribution is -0.137. The molecule has 1 aromatic carbocycles. The second-order valence-corrected chi connectivity index (χ2v) is 6.20. The number of thioether (sulfide) groups is 1. The molecule has 1 saturated carbocycles. The number of alkyl halides is 3. The van der Waals surface area contributed by atoms with Crippen molar-refractivity contribution < 1.29 is 18.0 Å². The first-order valence-corrected chi connectivity index (χ1v) is 7.29. The van der Waals surface area contributed by atoms with Crippen molar-refractivity contribution in [2.24, 2.45) is 11.7 Å². The average Bonchev–Trinajstić information content (AvgIpc) is 3.16. The van der Waals surface area contributed by atoms with Crippen molar-refractivity contribution in [1.29, 1.82) is 0 Å². The van der Waals surface area contributed by atoms with E-state index in [1.807, 2.05) is 6.08 Å². The van der Waals surface area contributed by atoms with Crippen LogP contribution in [0.2, 0.25) is 0 Å². The summed E-state index contributed by atoms with van der Waals surface area (Å²) in [6.07, 6.45) is -0.459. The number of carbonyl (C=O) groups is 1. The first-order chi connectivity index (χ1) is 9.86. The molecule has 0 atom stereocenters. The van der Waals surface area contributed by atoms with Gasteiger partial charge < -0.3 is 5.73 Å². The molecule has 0 spiro atoms. The maximum atomic E-state index is 12.8. The molecule has 1 fully saturated rings. The van der Waals surface area contributed by atoms with Crippen LogP contribution in [-0.2, 0) is 11.0 Å². The first-order valence-electron chi connectivity index (χ1n) is 6.48. The summed E-state index contributed by atoms with van der Waals surface area (Å²) in [6, 6.07) is 4.73. The van der Waals surface area contributed by atoms with Crippen LogP contribution in [0.4, 0.5) is 13.2 Å². The van der Waals surface area contributed by atoms with Gasteiger partial charge in [0.05, 0.1) is 21.1 Å². The summed E-state index contributed by atoms with van der Waals surface area (Å²) in [7, 11) is 0. The third-order valence-corrected chi connectivity index (χ3v) is 4.37. The number of rotatable bonds is 2. The molecule has 2 N–H and O–H groups in total. The number of Topliss-reactive ketones (excluding diaryl/α,β-unsaturated/α-hetero) is 1. The molecule has 1 aliphatic heterocycles. The van der Waals surface area contributed by atoms with E-state index >= 15 is 0 Å². The van der Waals surface area contributed by atoms with Crippen LogP contribution in [-0.4, -0.2) is 5.78 Å². The quantitative estimate of drug-likeness (QED) is 0.841. The molecule has 2 nitrogen and oxygen atoms in total. The normalized spacial score (nSPS) is 21.5. The van der Waals surface area contributed by atoms with Crippen molar-refractivity contribution in [3.63, 3.8) is 0 Å². The van der Waals surface area contributed by atoms with Crippen LogP contribution < -0.4 is 5.73 Å². The fourth-order valence-corrected chi connectivity index (χ4v) is 3.17. The van der Waals surface area contributed by atoms with E-state index in [0.29, 0.717) is 10.8 Å². The zero-order valence-corrected chi connectivity index (χ0v) is 11.7. The number of halogens is 3. The van der Waals surface area contributed by atoms with Gasteiger partial charge in [0, 0.05) is 0 Å². The monoisotopic (exact) mass is 311 g/mol. The van der Waals surface area contributed by atoms with E-state index in [1.165, 1.54) is 12.1 Å². The Labute approximate surface area is 123 Å². The molecule has 1 aliphatic carbocycles. The number of hydrogen-bond donors (Lipinski definition) is 1. The van der Waals surface area contributed by atoms with Crippen LogP contribution in [0.1, 0.15) is 24.0 Å². The Kier molecular flexibility index (Phi) is 3.36. The Morgan fingerprint density at radius 2 is 2.00 bits per heavy atom. The van der Waals surface area contributed by atoms with E-state index in [0.717, 1.165) is 36.7 Å². The Bertz CT molecular complexity index is 672.